The number of hydrogen-bond acceptors (Lipinski definition) is 13. The third-order valence-electron chi connectivity index (χ3n) is 7.11. The van der Waals surface area contributed by atoms with Gasteiger partial charge in [-0.2, -0.15) is 4.57 Å². The molecule has 5 heterocycles. The molecule has 44 heavy (non-hydrogen) atoms. The molecule has 3 atom stereocenters. The van der Waals surface area contributed by atoms with Gasteiger partial charge in [-0.1, -0.05) is 11.2 Å². The van der Waals surface area contributed by atoms with E-state index >= 15 is 0 Å². The molecule has 230 valence electrons. The number of amides is 3. The van der Waals surface area contributed by atoms with Crippen LogP contribution in [0, 0.1) is 0 Å². The number of aliphatic hydroxyl groups is 1. The maximum absolute atomic E-state index is 13.5. The third kappa shape index (κ3) is 5.93. The van der Waals surface area contributed by atoms with Crippen molar-refractivity contribution in [2.45, 2.75) is 37.2 Å². The Morgan fingerprint density at radius 1 is 1.32 bits per heavy atom. The summed E-state index contributed by atoms with van der Waals surface area (Å²) in [4.78, 5) is 73.3. The minimum absolute atomic E-state index is 0.0169. The molecule has 2 aromatic heterocycles. The average molecular weight is 642 g/mol. The third-order valence-corrected chi connectivity index (χ3v) is 9.07. The summed E-state index contributed by atoms with van der Waals surface area (Å²) < 4.78 is 1.77. The zero-order valence-electron chi connectivity index (χ0n) is 23.2. The van der Waals surface area contributed by atoms with Crippen molar-refractivity contribution < 1.29 is 43.6 Å². The molecule has 0 bridgehead atoms. The molecule has 3 aliphatic heterocycles. The standard InChI is InChI=1S/C27H27N7O8S2/c1-13(36)42-32-19(16-12-44-27(28)30-16)23(38)31-20-24(39)34-21(26(40)41)15(11-43-25(20)34)18(14-5-7-29-22(14)37)17(6-10-35)33-8-3-2-4-9-33/h2-4,8-9,12,17,20,25,35H,5-7,10-11H2,1H3,(H4-,28,29,30,31,37,38,40,41)/t17?,20-,25-/m1/s1. The first kappa shape index (κ1) is 30.8. The quantitative estimate of drug-likeness (QED) is 0.0562. The molecule has 3 aliphatic rings. The molecule has 0 aromatic carbocycles. The molecule has 3 amide bonds. The molecular weight excluding hydrogens is 614 g/mol. The SMILES string of the molecule is CC(=O)ON=C(C(=O)N[C@@H]1C(=O)N2C(C(=O)[O-])=C(C(=C3CCNC3=O)C(CCO)[n+]3ccccc3)CS[C@H]12)c1csc(N)n1. The van der Waals surface area contributed by atoms with Crippen molar-refractivity contribution >= 4 is 63.6 Å². The second kappa shape index (κ2) is 12.9. The Bertz CT molecular complexity index is 1620. The van der Waals surface area contributed by atoms with E-state index in [0.717, 1.165) is 23.2 Å². The number of carboxylic acid groups (broad SMARTS) is 1. The maximum Gasteiger partial charge on any atom is 0.332 e. The van der Waals surface area contributed by atoms with Crippen LogP contribution in [0.2, 0.25) is 0 Å². The minimum atomic E-state index is -1.63. The van der Waals surface area contributed by atoms with E-state index in [-0.39, 0.29) is 41.1 Å². The van der Waals surface area contributed by atoms with Gasteiger partial charge in [0.05, 0.1) is 11.7 Å². The van der Waals surface area contributed by atoms with Crippen molar-refractivity contribution in [1.82, 2.24) is 20.5 Å². The predicted octanol–water partition coefficient (Wildman–Crippen LogP) is -1.88. The number of thiazole rings is 1. The second-order valence-corrected chi connectivity index (χ2v) is 11.8. The predicted molar refractivity (Wildman–Crippen MR) is 154 cm³/mol. The highest BCUT2D eigenvalue weighted by Gasteiger charge is 2.54. The summed E-state index contributed by atoms with van der Waals surface area (Å²) in [5, 5.41) is 32.2. The van der Waals surface area contributed by atoms with Gasteiger partial charge in [0, 0.05) is 60.9 Å². The highest BCUT2D eigenvalue weighted by atomic mass is 32.2. The molecule has 2 saturated heterocycles. The summed E-state index contributed by atoms with van der Waals surface area (Å²) in [6.07, 6.45) is 3.98. The number of rotatable bonds is 10. The Labute approximate surface area is 258 Å². The fourth-order valence-electron chi connectivity index (χ4n) is 5.28. The lowest BCUT2D eigenvalue weighted by atomic mass is 9.88. The van der Waals surface area contributed by atoms with Gasteiger partial charge in [-0.3, -0.25) is 19.3 Å². The van der Waals surface area contributed by atoms with E-state index in [0.29, 0.717) is 24.1 Å². The number of hydrogen-bond donors (Lipinski definition) is 4. The van der Waals surface area contributed by atoms with Gasteiger partial charge in [-0.15, -0.1) is 23.1 Å². The summed E-state index contributed by atoms with van der Waals surface area (Å²) in [6.45, 7) is 1.19. The number of carboxylic acids is 1. The van der Waals surface area contributed by atoms with Crippen LogP contribution in [0.4, 0.5) is 5.13 Å². The van der Waals surface area contributed by atoms with Gasteiger partial charge in [0.1, 0.15) is 17.1 Å². The number of nitrogens with two attached hydrogens (primary N) is 1. The molecule has 15 nitrogen and oxygen atoms in total. The Morgan fingerprint density at radius 2 is 2.07 bits per heavy atom. The van der Waals surface area contributed by atoms with Crippen LogP contribution < -0.4 is 26.0 Å². The van der Waals surface area contributed by atoms with Crippen LogP contribution in [0.3, 0.4) is 0 Å². The molecule has 1 unspecified atom stereocenters. The number of nitrogen functional groups attached to an aromatic ring is 1. The first-order valence-corrected chi connectivity index (χ1v) is 15.3. The Hall–Kier alpha value is -4.61. The molecule has 5 N–H and O–H groups in total. The van der Waals surface area contributed by atoms with E-state index in [1.54, 1.807) is 35.2 Å². The van der Waals surface area contributed by atoms with Crippen LogP contribution in [0.1, 0.15) is 31.5 Å². The van der Waals surface area contributed by atoms with Gasteiger partial charge in [-0.05, 0) is 12.0 Å². The molecule has 2 fully saturated rings. The van der Waals surface area contributed by atoms with Crippen molar-refractivity contribution in [3.63, 3.8) is 0 Å². The number of carbonyl (C=O) groups is 5. The highest BCUT2D eigenvalue weighted by molar-refractivity contribution is 8.00. The van der Waals surface area contributed by atoms with Gasteiger partial charge >= 0.3 is 5.97 Å². The number of oxime groups is 1. The van der Waals surface area contributed by atoms with Crippen LogP contribution in [0.15, 0.2) is 63.5 Å². The highest BCUT2D eigenvalue weighted by Crippen LogP contribution is 2.45. The van der Waals surface area contributed by atoms with Crippen molar-refractivity contribution in [2.75, 3.05) is 24.6 Å². The summed E-state index contributed by atoms with van der Waals surface area (Å²) in [7, 11) is 0. The van der Waals surface area contributed by atoms with Crippen molar-refractivity contribution in [1.29, 1.82) is 0 Å². The molecule has 5 rings (SSSR count). The van der Waals surface area contributed by atoms with Gasteiger partial charge in [-0.25, -0.2) is 9.78 Å². The van der Waals surface area contributed by atoms with Crippen molar-refractivity contribution in [3.05, 3.63) is 64.1 Å². The molecule has 2 aromatic rings. The van der Waals surface area contributed by atoms with Gasteiger partial charge in [0.15, 0.2) is 29.3 Å². The lowest BCUT2D eigenvalue weighted by Crippen LogP contribution is -2.71. The number of allylic oxidation sites excluding steroid dienone is 1. The van der Waals surface area contributed by atoms with Crippen molar-refractivity contribution in [3.8, 4) is 0 Å². The van der Waals surface area contributed by atoms with Gasteiger partial charge < -0.3 is 36.2 Å². The monoisotopic (exact) mass is 641 g/mol. The summed E-state index contributed by atoms with van der Waals surface area (Å²) in [6, 6.07) is 3.55. The number of fused-ring (bicyclic) bond motifs is 1. The number of carbonyl (C=O) groups excluding carboxylic acids is 5. The summed E-state index contributed by atoms with van der Waals surface area (Å²) in [5.74, 6) is -4.35. The Morgan fingerprint density at radius 3 is 2.66 bits per heavy atom. The van der Waals surface area contributed by atoms with Crippen LogP contribution in [-0.4, -0.2) is 80.7 Å². The number of nitrogens with one attached hydrogen (secondary N) is 2. The first-order chi connectivity index (χ1) is 21.1. The molecule has 17 heteroatoms. The lowest BCUT2D eigenvalue weighted by Gasteiger charge is -2.51. The van der Waals surface area contributed by atoms with Gasteiger partial charge in [0.2, 0.25) is 5.91 Å². The van der Waals surface area contributed by atoms with E-state index in [1.165, 1.54) is 17.1 Å². The van der Waals surface area contributed by atoms with Crippen LogP contribution >= 0.6 is 23.1 Å². The van der Waals surface area contributed by atoms with Crippen LogP contribution in [-0.2, 0) is 28.8 Å². The van der Waals surface area contributed by atoms with Crippen LogP contribution in [0.5, 0.6) is 0 Å². The fraction of sp³-hybridized carbons (Fsp3) is 0.333. The molecule has 0 spiro atoms. The topological polar surface area (TPSA) is 220 Å². The summed E-state index contributed by atoms with van der Waals surface area (Å²) >= 11 is 2.21. The van der Waals surface area contributed by atoms with E-state index < -0.39 is 52.6 Å². The van der Waals surface area contributed by atoms with Crippen molar-refractivity contribution in [2.24, 2.45) is 5.16 Å². The van der Waals surface area contributed by atoms with E-state index in [9.17, 15) is 34.2 Å². The van der Waals surface area contributed by atoms with E-state index in [1.807, 2.05) is 0 Å². The lowest BCUT2D eigenvalue weighted by molar-refractivity contribution is -0.715. The molecule has 0 saturated carbocycles. The number of aromatic nitrogens is 2. The zero-order chi connectivity index (χ0) is 31.5. The number of nitrogens with zero attached hydrogens (tertiary/aromatic N) is 4. The minimum Gasteiger partial charge on any atom is -0.543 e. The number of anilines is 1. The van der Waals surface area contributed by atoms with E-state index in [4.69, 9.17) is 5.73 Å². The number of aliphatic hydroxyl groups excluding tert-OH is 1. The van der Waals surface area contributed by atoms with Gasteiger partial charge in [0.25, 0.3) is 11.8 Å². The molecule has 0 radical (unpaired) electrons. The number of β-lactam (4-membered cyclic amide) rings is 1. The average Bonchev–Trinajstić information content (AvgIpc) is 3.63. The van der Waals surface area contributed by atoms with Crippen LogP contribution in [0.25, 0.3) is 0 Å². The maximum atomic E-state index is 13.5. The molecule has 0 aliphatic carbocycles. The van der Waals surface area contributed by atoms with E-state index in [2.05, 4.69) is 25.6 Å². The first-order valence-electron chi connectivity index (χ1n) is 13.4. The Balaban J connectivity index is 1.51. The number of thioether (sulfide) groups is 1. The molecular formula is C27H27N7O8S2. The Kier molecular flexibility index (Phi) is 9.07. The normalized spacial score (nSPS) is 21.7. The zero-order valence-corrected chi connectivity index (χ0v) is 24.9. The number of aliphatic carboxylic acids is 1. The number of pyridine rings is 1. The largest absolute Gasteiger partial charge is 0.543 e. The summed E-state index contributed by atoms with van der Waals surface area (Å²) in [5.41, 5.74) is 5.86. The fourth-order valence-corrected chi connectivity index (χ4v) is 7.19. The second-order valence-electron chi connectivity index (χ2n) is 9.82. The smallest absolute Gasteiger partial charge is 0.332 e.